The molecule has 0 bridgehead atoms. The lowest BCUT2D eigenvalue weighted by Gasteiger charge is -2.14. The van der Waals surface area contributed by atoms with Crippen molar-refractivity contribution in [3.63, 3.8) is 0 Å². The Kier molecular flexibility index (Phi) is 10.8. The number of hydrogen-bond donors (Lipinski definition) is 2. The molecule has 0 radical (unpaired) electrons. The number of carbonyl (C=O) groups is 2. The Labute approximate surface area is 234 Å². The average molecular weight is 605 g/mol. The molecule has 11 heteroatoms. The lowest BCUT2D eigenvalue weighted by atomic mass is 10.2. The predicted molar refractivity (Wildman–Crippen MR) is 150 cm³/mol. The van der Waals surface area contributed by atoms with E-state index in [1.807, 2.05) is 13.8 Å². The topological polar surface area (TPSA) is 107 Å². The third kappa shape index (κ3) is 8.12. The van der Waals surface area contributed by atoms with Gasteiger partial charge in [-0.1, -0.05) is 11.6 Å². The maximum Gasteiger partial charge on any atom is 0.271 e. The van der Waals surface area contributed by atoms with Crippen molar-refractivity contribution in [1.29, 1.82) is 0 Å². The van der Waals surface area contributed by atoms with Crippen molar-refractivity contribution >= 4 is 51.2 Å². The molecule has 0 fully saturated rings. The molecule has 2 N–H and O–H groups in total. The number of ether oxygens (including phenoxy) is 4. The third-order valence-corrected chi connectivity index (χ3v) is 5.75. The Morgan fingerprint density at radius 2 is 1.66 bits per heavy atom. The van der Waals surface area contributed by atoms with E-state index in [9.17, 15) is 9.59 Å². The van der Waals surface area contributed by atoms with Crippen molar-refractivity contribution in [2.45, 2.75) is 13.8 Å². The maximum absolute atomic E-state index is 12.6. The van der Waals surface area contributed by atoms with Crippen molar-refractivity contribution in [3.8, 4) is 23.0 Å². The molecule has 0 unspecified atom stereocenters. The molecule has 3 rings (SSSR count). The van der Waals surface area contributed by atoms with Crippen molar-refractivity contribution in [2.24, 2.45) is 5.10 Å². The van der Waals surface area contributed by atoms with E-state index in [1.165, 1.54) is 13.3 Å². The molecule has 0 aliphatic carbocycles. The number of rotatable bonds is 12. The first-order valence-corrected chi connectivity index (χ1v) is 12.8. The van der Waals surface area contributed by atoms with Gasteiger partial charge in [0.2, 0.25) is 0 Å². The number of halogens is 2. The SMILES string of the molecule is CCOc1cc(C(=O)N/N=C/c2cc(Br)c(OCC(=O)Nc3ccc(Cl)cc3)c(OCC)c2)ccc1OC. The van der Waals surface area contributed by atoms with Crippen LogP contribution in [0.1, 0.15) is 29.8 Å². The summed E-state index contributed by atoms with van der Waals surface area (Å²) in [6, 6.07) is 15.0. The second-order valence-electron chi connectivity index (χ2n) is 7.60. The van der Waals surface area contributed by atoms with Crippen LogP contribution in [0.15, 0.2) is 64.2 Å². The van der Waals surface area contributed by atoms with Gasteiger partial charge in [0.25, 0.3) is 11.8 Å². The van der Waals surface area contributed by atoms with Crippen LogP contribution in [0, 0.1) is 0 Å². The molecule has 0 saturated heterocycles. The van der Waals surface area contributed by atoms with E-state index in [0.717, 1.165) is 0 Å². The Hall–Kier alpha value is -3.76. The summed E-state index contributed by atoms with van der Waals surface area (Å²) in [4.78, 5) is 24.9. The number of nitrogens with zero attached hydrogens (tertiary/aromatic N) is 1. The Bertz CT molecular complexity index is 1300. The Morgan fingerprint density at radius 1 is 0.947 bits per heavy atom. The molecule has 2 amide bonds. The van der Waals surface area contributed by atoms with E-state index in [0.29, 0.717) is 62.5 Å². The number of benzene rings is 3. The van der Waals surface area contributed by atoms with Gasteiger partial charge in [0.1, 0.15) is 0 Å². The van der Waals surface area contributed by atoms with Crippen LogP contribution in [-0.4, -0.2) is 45.0 Å². The minimum Gasteiger partial charge on any atom is -0.493 e. The number of anilines is 1. The normalized spacial score (nSPS) is 10.7. The molecule has 0 atom stereocenters. The van der Waals surface area contributed by atoms with Crippen molar-refractivity contribution in [1.82, 2.24) is 5.43 Å². The minimum absolute atomic E-state index is 0.240. The summed E-state index contributed by atoms with van der Waals surface area (Å²) >= 11 is 9.33. The molecule has 0 aliphatic heterocycles. The highest BCUT2D eigenvalue weighted by atomic mass is 79.9. The number of hydrogen-bond acceptors (Lipinski definition) is 7. The highest BCUT2D eigenvalue weighted by Gasteiger charge is 2.15. The van der Waals surface area contributed by atoms with E-state index < -0.39 is 5.91 Å². The third-order valence-electron chi connectivity index (χ3n) is 4.91. The van der Waals surface area contributed by atoms with Crippen LogP contribution in [0.25, 0.3) is 0 Å². The second kappa shape index (κ2) is 14.3. The highest BCUT2D eigenvalue weighted by molar-refractivity contribution is 9.10. The summed E-state index contributed by atoms with van der Waals surface area (Å²) in [5, 5.41) is 7.36. The van der Waals surface area contributed by atoms with Gasteiger partial charge in [-0.05, 0) is 89.9 Å². The molecule has 0 aliphatic rings. The number of amides is 2. The molecule has 0 saturated carbocycles. The summed E-state index contributed by atoms with van der Waals surface area (Å²) < 4.78 is 22.7. The van der Waals surface area contributed by atoms with Crippen LogP contribution in [0.2, 0.25) is 5.02 Å². The zero-order valence-corrected chi connectivity index (χ0v) is 23.4. The van der Waals surface area contributed by atoms with Crippen LogP contribution >= 0.6 is 27.5 Å². The quantitative estimate of drug-likeness (QED) is 0.203. The second-order valence-corrected chi connectivity index (χ2v) is 8.90. The lowest BCUT2D eigenvalue weighted by Crippen LogP contribution is -2.20. The molecule has 38 heavy (non-hydrogen) atoms. The van der Waals surface area contributed by atoms with Gasteiger partial charge < -0.3 is 24.3 Å². The number of carbonyl (C=O) groups excluding carboxylic acids is 2. The minimum atomic E-state index is -0.416. The molecule has 9 nitrogen and oxygen atoms in total. The van der Waals surface area contributed by atoms with Crippen molar-refractivity contribution < 1.29 is 28.5 Å². The van der Waals surface area contributed by atoms with Gasteiger partial charge in [-0.15, -0.1) is 0 Å². The first-order valence-electron chi connectivity index (χ1n) is 11.6. The summed E-state index contributed by atoms with van der Waals surface area (Å²) in [5.74, 6) is 1.01. The van der Waals surface area contributed by atoms with Gasteiger partial charge >= 0.3 is 0 Å². The summed E-state index contributed by atoms with van der Waals surface area (Å²) in [7, 11) is 1.53. The first-order chi connectivity index (χ1) is 18.3. The number of hydrazone groups is 1. The summed E-state index contributed by atoms with van der Waals surface area (Å²) in [6.45, 7) is 4.24. The van der Waals surface area contributed by atoms with E-state index >= 15 is 0 Å². The van der Waals surface area contributed by atoms with Gasteiger partial charge in [-0.25, -0.2) is 5.43 Å². The molecule has 3 aromatic carbocycles. The summed E-state index contributed by atoms with van der Waals surface area (Å²) in [5.41, 5.74) is 4.09. The first kappa shape index (κ1) is 28.8. The van der Waals surface area contributed by atoms with Crippen LogP contribution < -0.4 is 29.7 Å². The largest absolute Gasteiger partial charge is 0.493 e. The molecule has 0 heterocycles. The zero-order valence-electron chi connectivity index (χ0n) is 21.0. The van der Waals surface area contributed by atoms with Gasteiger partial charge in [-0.3, -0.25) is 9.59 Å². The monoisotopic (exact) mass is 603 g/mol. The van der Waals surface area contributed by atoms with E-state index in [4.69, 9.17) is 30.5 Å². The zero-order chi connectivity index (χ0) is 27.5. The molecular weight excluding hydrogens is 578 g/mol. The maximum atomic E-state index is 12.6. The van der Waals surface area contributed by atoms with Crippen LogP contribution in [0.4, 0.5) is 5.69 Å². The molecular formula is C27H27BrClN3O6. The van der Waals surface area contributed by atoms with Crippen LogP contribution in [-0.2, 0) is 4.79 Å². The molecule has 200 valence electrons. The van der Waals surface area contributed by atoms with Crippen LogP contribution in [0.5, 0.6) is 23.0 Å². The number of methoxy groups -OCH3 is 1. The molecule has 0 aromatic heterocycles. The molecule has 3 aromatic rings. The fourth-order valence-electron chi connectivity index (χ4n) is 3.25. The smallest absolute Gasteiger partial charge is 0.271 e. The van der Waals surface area contributed by atoms with E-state index in [-0.39, 0.29) is 12.5 Å². The fourth-order valence-corrected chi connectivity index (χ4v) is 3.95. The lowest BCUT2D eigenvalue weighted by molar-refractivity contribution is -0.118. The van der Waals surface area contributed by atoms with Crippen molar-refractivity contribution in [3.05, 3.63) is 75.2 Å². The molecule has 0 spiro atoms. The van der Waals surface area contributed by atoms with Gasteiger partial charge in [0.05, 0.1) is 31.0 Å². The Balaban J connectivity index is 1.66. The van der Waals surface area contributed by atoms with Crippen molar-refractivity contribution in [2.75, 3.05) is 32.2 Å². The Morgan fingerprint density at radius 3 is 2.34 bits per heavy atom. The van der Waals surface area contributed by atoms with Gasteiger partial charge in [-0.2, -0.15) is 5.10 Å². The van der Waals surface area contributed by atoms with Gasteiger partial charge in [0, 0.05) is 16.3 Å². The van der Waals surface area contributed by atoms with Crippen LogP contribution in [0.3, 0.4) is 0 Å². The summed E-state index contributed by atoms with van der Waals surface area (Å²) in [6.07, 6.45) is 1.47. The average Bonchev–Trinajstić information content (AvgIpc) is 2.90. The van der Waals surface area contributed by atoms with E-state index in [2.05, 4.69) is 31.8 Å². The highest BCUT2D eigenvalue weighted by Crippen LogP contribution is 2.36. The predicted octanol–water partition coefficient (Wildman–Crippen LogP) is 5.69. The standard InChI is InChI=1S/C27H27BrClN3O6/c1-4-36-23-14-18(6-11-22(23)35-3)27(34)32-30-15-17-12-21(28)26(24(13-17)37-5-2)38-16-25(33)31-20-9-7-19(29)8-10-20/h6-15H,4-5,16H2,1-3H3,(H,31,33)(H,32,34)/b30-15+. The van der Waals surface area contributed by atoms with Gasteiger partial charge in [0.15, 0.2) is 29.6 Å². The number of nitrogens with one attached hydrogen (secondary N) is 2. The van der Waals surface area contributed by atoms with E-state index in [1.54, 1.807) is 54.6 Å². The fraction of sp³-hybridized carbons (Fsp3) is 0.222.